The molecule has 0 amide bonds. The van der Waals surface area contributed by atoms with Crippen molar-refractivity contribution in [3.8, 4) is 12.3 Å². The van der Waals surface area contributed by atoms with Crippen LogP contribution in [0, 0.1) is 12.3 Å². The lowest BCUT2D eigenvalue weighted by Gasteiger charge is -2.37. The van der Waals surface area contributed by atoms with E-state index < -0.39 is 5.92 Å². The molecule has 1 aromatic rings. The van der Waals surface area contributed by atoms with Gasteiger partial charge in [-0.25, -0.2) is 0 Å². The highest BCUT2D eigenvalue weighted by Crippen LogP contribution is 2.37. The van der Waals surface area contributed by atoms with E-state index in [0.29, 0.717) is 18.6 Å². The molecule has 2 aliphatic rings. The van der Waals surface area contributed by atoms with Crippen LogP contribution in [0.4, 0.5) is 0 Å². The monoisotopic (exact) mass is 313 g/mol. The van der Waals surface area contributed by atoms with Crippen LogP contribution < -0.4 is 0 Å². The van der Waals surface area contributed by atoms with Gasteiger partial charge in [-0.1, -0.05) is 36.3 Å². The molecule has 122 valence electrons. The van der Waals surface area contributed by atoms with Crippen molar-refractivity contribution in [2.45, 2.75) is 49.8 Å². The van der Waals surface area contributed by atoms with Gasteiger partial charge in [-0.15, -0.1) is 6.42 Å². The molecule has 4 nitrogen and oxygen atoms in total. The van der Waals surface area contributed by atoms with E-state index in [-0.39, 0.29) is 18.7 Å². The van der Waals surface area contributed by atoms with E-state index in [4.69, 9.17) is 11.2 Å². The van der Waals surface area contributed by atoms with Crippen LogP contribution in [-0.2, 0) is 9.53 Å². The number of aliphatic hydroxyl groups is 1. The van der Waals surface area contributed by atoms with Gasteiger partial charge in [-0.05, 0) is 18.4 Å². The summed E-state index contributed by atoms with van der Waals surface area (Å²) in [6.45, 7) is 0.449. The molecule has 1 N–H and O–H groups in total. The predicted octanol–water partition coefficient (Wildman–Crippen LogP) is 1.93. The van der Waals surface area contributed by atoms with Crippen molar-refractivity contribution < 1.29 is 14.6 Å². The highest BCUT2D eigenvalue weighted by molar-refractivity contribution is 5.78. The van der Waals surface area contributed by atoms with E-state index in [1.54, 1.807) is 0 Å². The Morgan fingerprint density at radius 3 is 2.52 bits per heavy atom. The molecule has 2 fully saturated rings. The number of aliphatic hydroxyl groups excluding tert-OH is 1. The number of ether oxygens (including phenoxy) is 1. The SMILES string of the molecule is C#CCN1C2CCC1CC(OC(=O)C(CO)c1ccccc1)C2. The summed E-state index contributed by atoms with van der Waals surface area (Å²) in [6.07, 6.45) is 9.32. The Hall–Kier alpha value is -1.83. The number of carbonyl (C=O) groups excluding carboxylic acids is 1. The summed E-state index contributed by atoms with van der Waals surface area (Å²) in [5.41, 5.74) is 0.799. The summed E-state index contributed by atoms with van der Waals surface area (Å²) < 4.78 is 5.73. The topological polar surface area (TPSA) is 49.8 Å². The van der Waals surface area contributed by atoms with Crippen LogP contribution in [-0.4, -0.2) is 47.3 Å². The summed E-state index contributed by atoms with van der Waals surface area (Å²) in [7, 11) is 0. The fourth-order valence-electron chi connectivity index (χ4n) is 3.93. The third-order valence-corrected chi connectivity index (χ3v) is 5.07. The largest absolute Gasteiger partial charge is 0.462 e. The second kappa shape index (κ2) is 7.16. The number of terminal acetylenes is 1. The smallest absolute Gasteiger partial charge is 0.316 e. The van der Waals surface area contributed by atoms with Crippen molar-refractivity contribution in [3.05, 3.63) is 35.9 Å². The Morgan fingerprint density at radius 2 is 1.96 bits per heavy atom. The standard InChI is InChI=1S/C19H23NO3/c1-2-10-20-15-8-9-16(20)12-17(11-15)23-19(22)18(13-21)14-6-4-3-5-7-14/h1,3-7,15-18,21H,8-13H2. The quantitative estimate of drug-likeness (QED) is 0.667. The minimum absolute atomic E-state index is 0.0632. The van der Waals surface area contributed by atoms with Gasteiger partial charge in [-0.2, -0.15) is 0 Å². The first-order chi connectivity index (χ1) is 11.2. The molecule has 0 aromatic heterocycles. The van der Waals surface area contributed by atoms with Crippen LogP contribution in [0.2, 0.25) is 0 Å². The fourth-order valence-corrected chi connectivity index (χ4v) is 3.93. The Labute approximate surface area is 137 Å². The zero-order chi connectivity index (χ0) is 16.2. The number of esters is 1. The summed E-state index contributed by atoms with van der Waals surface area (Å²) in [6, 6.07) is 10.2. The average molecular weight is 313 g/mol. The third-order valence-electron chi connectivity index (χ3n) is 5.07. The molecule has 3 atom stereocenters. The molecule has 0 aliphatic carbocycles. The van der Waals surface area contributed by atoms with Gasteiger partial charge >= 0.3 is 5.97 Å². The van der Waals surface area contributed by atoms with E-state index in [1.807, 2.05) is 30.3 Å². The van der Waals surface area contributed by atoms with Crippen molar-refractivity contribution in [1.82, 2.24) is 4.90 Å². The molecule has 23 heavy (non-hydrogen) atoms. The number of hydrogen-bond acceptors (Lipinski definition) is 4. The van der Waals surface area contributed by atoms with Crippen LogP contribution in [0.5, 0.6) is 0 Å². The molecule has 2 aliphatic heterocycles. The second-order valence-electron chi connectivity index (χ2n) is 6.44. The van der Waals surface area contributed by atoms with Crippen molar-refractivity contribution in [3.63, 3.8) is 0 Å². The lowest BCUT2D eigenvalue weighted by Crippen LogP contribution is -2.46. The molecule has 2 saturated heterocycles. The highest BCUT2D eigenvalue weighted by Gasteiger charge is 2.42. The molecule has 0 spiro atoms. The molecule has 0 radical (unpaired) electrons. The number of nitrogens with zero attached hydrogens (tertiary/aromatic N) is 1. The van der Waals surface area contributed by atoms with Gasteiger partial charge in [-0.3, -0.25) is 9.69 Å². The van der Waals surface area contributed by atoms with E-state index >= 15 is 0 Å². The molecular formula is C19H23NO3. The Morgan fingerprint density at radius 1 is 1.30 bits per heavy atom. The Balaban J connectivity index is 1.62. The zero-order valence-corrected chi connectivity index (χ0v) is 13.2. The van der Waals surface area contributed by atoms with Gasteiger partial charge in [0.15, 0.2) is 0 Å². The third kappa shape index (κ3) is 3.41. The Kier molecular flexibility index (Phi) is 5.00. The van der Waals surface area contributed by atoms with E-state index in [0.717, 1.165) is 31.2 Å². The average Bonchev–Trinajstić information content (AvgIpc) is 2.80. The molecule has 2 bridgehead atoms. The molecule has 0 saturated carbocycles. The minimum Gasteiger partial charge on any atom is -0.462 e. The Bertz CT molecular complexity index is 566. The maximum absolute atomic E-state index is 12.5. The number of carbonyl (C=O) groups is 1. The first kappa shape index (κ1) is 16.0. The number of benzene rings is 1. The van der Waals surface area contributed by atoms with Crippen molar-refractivity contribution >= 4 is 5.97 Å². The molecule has 4 heteroatoms. The molecular weight excluding hydrogens is 290 g/mol. The first-order valence-electron chi connectivity index (χ1n) is 8.28. The number of rotatable bonds is 5. The van der Waals surface area contributed by atoms with E-state index in [9.17, 15) is 9.90 Å². The lowest BCUT2D eigenvalue weighted by molar-refractivity contribution is -0.155. The minimum atomic E-state index is -0.599. The van der Waals surface area contributed by atoms with Crippen molar-refractivity contribution in [2.75, 3.05) is 13.2 Å². The zero-order valence-electron chi connectivity index (χ0n) is 13.2. The maximum atomic E-state index is 12.5. The van der Waals surface area contributed by atoms with E-state index in [2.05, 4.69) is 10.8 Å². The van der Waals surface area contributed by atoms with Gasteiger partial charge in [0.05, 0.1) is 13.2 Å². The van der Waals surface area contributed by atoms with Crippen LogP contribution in [0.15, 0.2) is 30.3 Å². The van der Waals surface area contributed by atoms with Crippen LogP contribution in [0.3, 0.4) is 0 Å². The molecule has 3 rings (SSSR count). The molecule has 1 aromatic carbocycles. The van der Waals surface area contributed by atoms with Gasteiger partial charge < -0.3 is 9.84 Å². The summed E-state index contributed by atoms with van der Waals surface area (Å²) in [5.74, 6) is 1.80. The van der Waals surface area contributed by atoms with Crippen LogP contribution in [0.25, 0.3) is 0 Å². The van der Waals surface area contributed by atoms with Crippen LogP contribution in [0.1, 0.15) is 37.2 Å². The van der Waals surface area contributed by atoms with Gasteiger partial charge in [0, 0.05) is 24.9 Å². The highest BCUT2D eigenvalue weighted by atomic mass is 16.5. The van der Waals surface area contributed by atoms with Crippen molar-refractivity contribution in [1.29, 1.82) is 0 Å². The van der Waals surface area contributed by atoms with Gasteiger partial charge in [0.1, 0.15) is 12.0 Å². The summed E-state index contributed by atoms with van der Waals surface area (Å²) in [4.78, 5) is 14.8. The number of fused-ring (bicyclic) bond motifs is 2. The lowest BCUT2D eigenvalue weighted by atomic mass is 9.98. The van der Waals surface area contributed by atoms with Gasteiger partial charge in [0.25, 0.3) is 0 Å². The maximum Gasteiger partial charge on any atom is 0.316 e. The first-order valence-corrected chi connectivity index (χ1v) is 8.28. The molecule has 2 heterocycles. The summed E-state index contributed by atoms with van der Waals surface area (Å²) >= 11 is 0. The predicted molar refractivity (Wildman–Crippen MR) is 87.7 cm³/mol. The molecule has 3 unspecified atom stereocenters. The van der Waals surface area contributed by atoms with Crippen molar-refractivity contribution in [2.24, 2.45) is 0 Å². The number of piperidine rings is 1. The fraction of sp³-hybridized carbons (Fsp3) is 0.526. The van der Waals surface area contributed by atoms with Crippen LogP contribution >= 0.6 is 0 Å². The second-order valence-corrected chi connectivity index (χ2v) is 6.44. The van der Waals surface area contributed by atoms with Gasteiger partial charge in [0.2, 0.25) is 0 Å². The summed E-state index contributed by atoms with van der Waals surface area (Å²) in [5, 5.41) is 9.58. The number of hydrogen-bond donors (Lipinski definition) is 1. The van der Waals surface area contributed by atoms with E-state index in [1.165, 1.54) is 0 Å². The normalized spacial score (nSPS) is 28.1.